The molecule has 35 heavy (non-hydrogen) atoms. The minimum Gasteiger partial charge on any atom is -0.478 e. The van der Waals surface area contributed by atoms with E-state index in [1.807, 2.05) is 10.9 Å². The Hall–Kier alpha value is -3.24. The molecule has 0 amide bonds. The van der Waals surface area contributed by atoms with Gasteiger partial charge in [-0.3, -0.25) is 4.68 Å². The van der Waals surface area contributed by atoms with Crippen LogP contribution < -0.4 is 15.8 Å². The first-order valence-corrected chi connectivity index (χ1v) is 11.5. The van der Waals surface area contributed by atoms with Gasteiger partial charge in [-0.1, -0.05) is 17.7 Å². The molecule has 0 spiro atoms. The third kappa shape index (κ3) is 4.43. The van der Waals surface area contributed by atoms with Crippen LogP contribution in [0.3, 0.4) is 0 Å². The number of ether oxygens (including phenoxy) is 1. The van der Waals surface area contributed by atoms with Crippen LogP contribution in [-0.2, 0) is 6.18 Å². The lowest BCUT2D eigenvalue weighted by Gasteiger charge is -2.22. The van der Waals surface area contributed by atoms with Crippen molar-refractivity contribution in [1.29, 1.82) is 0 Å². The number of aromatic nitrogens is 3. The summed E-state index contributed by atoms with van der Waals surface area (Å²) >= 11 is 6.14. The zero-order valence-corrected chi connectivity index (χ0v) is 19.5. The Labute approximate surface area is 204 Å². The van der Waals surface area contributed by atoms with Gasteiger partial charge in [-0.05, 0) is 45.0 Å². The van der Waals surface area contributed by atoms with E-state index in [2.05, 4.69) is 15.4 Å². The van der Waals surface area contributed by atoms with E-state index in [1.165, 1.54) is 19.1 Å². The molecule has 1 aliphatic heterocycles. The number of hydrogen-bond acceptors (Lipinski definition) is 6. The monoisotopic (exact) mass is 505 g/mol. The number of furan rings is 1. The van der Waals surface area contributed by atoms with E-state index in [0.717, 1.165) is 43.1 Å². The topological polar surface area (TPSA) is 91.1 Å². The fourth-order valence-electron chi connectivity index (χ4n) is 4.50. The largest absolute Gasteiger partial charge is 0.478 e. The molecule has 0 saturated carbocycles. The summed E-state index contributed by atoms with van der Waals surface area (Å²) in [5, 5.41) is 8.41. The molecule has 0 aliphatic carbocycles. The third-order valence-electron chi connectivity index (χ3n) is 6.26. The maximum Gasteiger partial charge on any atom is 0.416 e. The molecular formula is C24H23ClF3N5O2. The van der Waals surface area contributed by atoms with E-state index in [4.69, 9.17) is 26.5 Å². The van der Waals surface area contributed by atoms with Gasteiger partial charge in [0.2, 0.25) is 5.75 Å². The summed E-state index contributed by atoms with van der Waals surface area (Å²) < 4.78 is 54.5. The van der Waals surface area contributed by atoms with E-state index >= 15 is 0 Å². The lowest BCUT2D eigenvalue weighted by atomic mass is 10.0. The number of halogens is 4. The molecule has 0 bridgehead atoms. The molecule has 1 aliphatic rings. The van der Waals surface area contributed by atoms with Crippen LogP contribution in [-0.4, -0.2) is 27.9 Å². The lowest BCUT2D eigenvalue weighted by molar-refractivity contribution is -0.138. The predicted molar refractivity (Wildman–Crippen MR) is 126 cm³/mol. The van der Waals surface area contributed by atoms with Crippen molar-refractivity contribution < 1.29 is 22.3 Å². The van der Waals surface area contributed by atoms with E-state index in [1.54, 1.807) is 18.7 Å². The van der Waals surface area contributed by atoms with Gasteiger partial charge >= 0.3 is 6.18 Å². The lowest BCUT2D eigenvalue weighted by Crippen LogP contribution is -2.29. The average Bonchev–Trinajstić information content (AvgIpc) is 3.48. The Morgan fingerprint density at radius 1 is 1.26 bits per heavy atom. The average molecular weight is 506 g/mol. The number of rotatable bonds is 5. The SMILES string of the molecule is CC(Oc1c(N)ncc2c(-c3cnn(C4CCNCC4)c3)coc12)c1c(Cl)cccc1C(F)(F)F. The Bertz CT molecular complexity index is 1360. The molecule has 11 heteroatoms. The molecule has 1 atom stereocenters. The maximum atomic E-state index is 13.6. The van der Waals surface area contributed by atoms with Gasteiger partial charge in [-0.2, -0.15) is 18.3 Å². The van der Waals surface area contributed by atoms with Crippen LogP contribution >= 0.6 is 11.6 Å². The van der Waals surface area contributed by atoms with Gasteiger partial charge in [0.05, 0.1) is 23.2 Å². The molecule has 5 rings (SSSR count). The minimum atomic E-state index is -4.60. The number of nitrogens with two attached hydrogens (primary N) is 1. The van der Waals surface area contributed by atoms with E-state index in [9.17, 15) is 13.2 Å². The Balaban J connectivity index is 1.50. The van der Waals surface area contributed by atoms with Crippen molar-refractivity contribution in [2.75, 3.05) is 18.8 Å². The van der Waals surface area contributed by atoms with Crippen molar-refractivity contribution in [3.8, 4) is 16.9 Å². The Morgan fingerprint density at radius 3 is 2.77 bits per heavy atom. The first-order valence-electron chi connectivity index (χ1n) is 11.2. The fraction of sp³-hybridized carbons (Fsp3) is 0.333. The second kappa shape index (κ2) is 9.09. The number of nitrogens with one attached hydrogen (secondary N) is 1. The number of benzene rings is 1. The van der Waals surface area contributed by atoms with Crippen molar-refractivity contribution in [3.63, 3.8) is 0 Å². The molecule has 3 aromatic heterocycles. The smallest absolute Gasteiger partial charge is 0.416 e. The van der Waals surface area contributed by atoms with Gasteiger partial charge in [0.1, 0.15) is 12.4 Å². The fourth-order valence-corrected chi connectivity index (χ4v) is 4.83. The number of nitrogens with zero attached hydrogens (tertiary/aromatic N) is 3. The number of alkyl halides is 3. The highest BCUT2D eigenvalue weighted by Gasteiger charge is 2.36. The summed E-state index contributed by atoms with van der Waals surface area (Å²) in [5.41, 5.74) is 6.84. The molecule has 0 radical (unpaired) electrons. The zero-order chi connectivity index (χ0) is 24.7. The second-order valence-electron chi connectivity index (χ2n) is 8.51. The van der Waals surface area contributed by atoms with Gasteiger partial charge in [0.25, 0.3) is 0 Å². The summed E-state index contributed by atoms with van der Waals surface area (Å²) in [5.74, 6) is 0.0521. The molecule has 7 nitrogen and oxygen atoms in total. The Kier molecular flexibility index (Phi) is 6.10. The second-order valence-corrected chi connectivity index (χ2v) is 8.92. The number of anilines is 1. The van der Waals surface area contributed by atoms with Crippen molar-refractivity contribution in [1.82, 2.24) is 20.1 Å². The minimum absolute atomic E-state index is 0.00346. The number of nitrogen functional groups attached to an aromatic ring is 1. The molecule has 184 valence electrons. The molecule has 4 heterocycles. The summed E-state index contributed by atoms with van der Waals surface area (Å²) in [6.45, 7) is 3.36. The van der Waals surface area contributed by atoms with Gasteiger partial charge in [-0.25, -0.2) is 4.98 Å². The molecule has 1 saturated heterocycles. The van der Waals surface area contributed by atoms with E-state index in [0.29, 0.717) is 11.4 Å². The summed E-state index contributed by atoms with van der Waals surface area (Å²) in [4.78, 5) is 4.20. The highest BCUT2D eigenvalue weighted by molar-refractivity contribution is 6.31. The highest BCUT2D eigenvalue weighted by atomic mass is 35.5. The molecule has 1 unspecified atom stereocenters. The van der Waals surface area contributed by atoms with E-state index in [-0.39, 0.29) is 27.7 Å². The predicted octanol–water partition coefficient (Wildman–Crippen LogP) is 6.01. The van der Waals surface area contributed by atoms with Crippen LogP contribution in [0.25, 0.3) is 22.1 Å². The van der Waals surface area contributed by atoms with Crippen molar-refractivity contribution in [3.05, 3.63) is 59.2 Å². The van der Waals surface area contributed by atoms with Crippen LogP contribution in [0.5, 0.6) is 5.75 Å². The first-order chi connectivity index (χ1) is 16.7. The first kappa shape index (κ1) is 23.5. The molecular weight excluding hydrogens is 483 g/mol. The molecule has 3 N–H and O–H groups in total. The van der Waals surface area contributed by atoms with Crippen LogP contribution in [0.15, 0.2) is 47.5 Å². The van der Waals surface area contributed by atoms with Crippen molar-refractivity contribution in [2.45, 2.75) is 38.1 Å². The third-order valence-corrected chi connectivity index (χ3v) is 6.59. The molecule has 4 aromatic rings. The van der Waals surface area contributed by atoms with Crippen LogP contribution in [0.1, 0.15) is 43.0 Å². The number of pyridine rings is 1. The standard InChI is InChI=1S/C24H23ClF3N5O2/c1-13(20-18(24(26,27)28)3-2-4-19(20)25)35-22-21-16(10-31-23(22)29)17(12-34-21)14-9-32-33(11-14)15-5-7-30-8-6-15/h2-4,9-13,15,30H,5-8H2,1H3,(H2,29,31). The number of piperidine rings is 1. The summed E-state index contributed by atoms with van der Waals surface area (Å²) in [6.07, 6.45) is 3.12. The number of hydrogen-bond donors (Lipinski definition) is 2. The van der Waals surface area contributed by atoms with Gasteiger partial charge in [0.15, 0.2) is 11.4 Å². The van der Waals surface area contributed by atoms with Gasteiger partial charge < -0.3 is 20.2 Å². The quantitative estimate of drug-likeness (QED) is 0.345. The normalized spacial score (nSPS) is 16.0. The molecule has 1 fully saturated rings. The van der Waals surface area contributed by atoms with Gasteiger partial charge in [-0.15, -0.1) is 0 Å². The van der Waals surface area contributed by atoms with Crippen molar-refractivity contribution in [2.24, 2.45) is 0 Å². The number of fused-ring (bicyclic) bond motifs is 1. The van der Waals surface area contributed by atoms with Crippen LogP contribution in [0, 0.1) is 0 Å². The van der Waals surface area contributed by atoms with E-state index < -0.39 is 17.8 Å². The van der Waals surface area contributed by atoms with Crippen molar-refractivity contribution >= 4 is 28.4 Å². The maximum absolute atomic E-state index is 13.6. The zero-order valence-electron chi connectivity index (χ0n) is 18.8. The van der Waals surface area contributed by atoms with Crippen LogP contribution in [0.4, 0.5) is 19.0 Å². The highest BCUT2D eigenvalue weighted by Crippen LogP contribution is 2.43. The van der Waals surface area contributed by atoms with Gasteiger partial charge in [0, 0.05) is 34.1 Å². The summed E-state index contributed by atoms with van der Waals surface area (Å²) in [6, 6.07) is 3.92. The Morgan fingerprint density at radius 2 is 2.03 bits per heavy atom. The summed E-state index contributed by atoms with van der Waals surface area (Å²) in [7, 11) is 0. The van der Waals surface area contributed by atoms with Crippen LogP contribution in [0.2, 0.25) is 5.02 Å². The molecule has 1 aromatic carbocycles.